The number of ether oxygens (including phenoxy) is 1. The van der Waals surface area contributed by atoms with Gasteiger partial charge in [0, 0.05) is 12.2 Å². The Morgan fingerprint density at radius 1 is 1.14 bits per heavy atom. The van der Waals surface area contributed by atoms with E-state index in [0.717, 1.165) is 23.1 Å². The van der Waals surface area contributed by atoms with Crippen LogP contribution in [-0.2, 0) is 24.2 Å². The molecule has 5 rings (SSSR count). The van der Waals surface area contributed by atoms with E-state index in [9.17, 15) is 4.79 Å². The van der Waals surface area contributed by atoms with Crippen LogP contribution in [0, 0.1) is 5.92 Å². The lowest BCUT2D eigenvalue weighted by atomic mass is 10.0. The lowest BCUT2D eigenvalue weighted by Gasteiger charge is -2.30. The van der Waals surface area contributed by atoms with Gasteiger partial charge in [-0.1, -0.05) is 30.7 Å². The molecule has 28 heavy (non-hydrogen) atoms. The molecule has 0 saturated heterocycles. The van der Waals surface area contributed by atoms with Crippen molar-refractivity contribution in [1.82, 2.24) is 14.9 Å². The first kappa shape index (κ1) is 18.0. The van der Waals surface area contributed by atoms with Crippen molar-refractivity contribution in [1.29, 1.82) is 0 Å². The van der Waals surface area contributed by atoms with Crippen LogP contribution in [0.1, 0.15) is 55.5 Å². The van der Waals surface area contributed by atoms with Gasteiger partial charge in [0.1, 0.15) is 12.4 Å². The molecular formula is C21H26N4O2S. The van der Waals surface area contributed by atoms with Crippen molar-refractivity contribution in [2.45, 2.75) is 63.1 Å². The highest BCUT2D eigenvalue weighted by Crippen LogP contribution is 2.30. The highest BCUT2D eigenvalue weighted by molar-refractivity contribution is 7.99. The Morgan fingerprint density at radius 3 is 2.89 bits per heavy atom. The summed E-state index contributed by atoms with van der Waals surface area (Å²) in [6.07, 6.45) is 9.03. The van der Waals surface area contributed by atoms with Crippen LogP contribution < -0.4 is 9.75 Å². The summed E-state index contributed by atoms with van der Waals surface area (Å²) in [5.74, 6) is 3.15. The lowest BCUT2D eigenvalue weighted by molar-refractivity contribution is -0.121. The number of carbonyl (C=O) groups is 1. The third kappa shape index (κ3) is 3.52. The molecule has 1 aromatic carbocycles. The van der Waals surface area contributed by atoms with Gasteiger partial charge in [-0.2, -0.15) is 0 Å². The van der Waals surface area contributed by atoms with Gasteiger partial charge in [0.2, 0.25) is 11.1 Å². The fourth-order valence-corrected chi connectivity index (χ4v) is 5.50. The Bertz CT molecular complexity index is 875. The van der Waals surface area contributed by atoms with Gasteiger partial charge in [-0.25, -0.2) is 9.69 Å². The number of hydrogen-bond acceptors (Lipinski definition) is 5. The lowest BCUT2D eigenvalue weighted by Crippen LogP contribution is -2.46. The molecule has 1 amide bonds. The molecule has 7 heteroatoms. The van der Waals surface area contributed by atoms with E-state index in [1.54, 1.807) is 11.8 Å². The average molecular weight is 399 g/mol. The van der Waals surface area contributed by atoms with Gasteiger partial charge in [0.25, 0.3) is 0 Å². The summed E-state index contributed by atoms with van der Waals surface area (Å²) >= 11 is 1.65. The number of aryl methyl sites for hydroxylation is 2. The molecule has 0 radical (unpaired) electrons. The van der Waals surface area contributed by atoms with Crippen LogP contribution in [0.15, 0.2) is 23.4 Å². The molecule has 148 valence electrons. The predicted octanol–water partition coefficient (Wildman–Crippen LogP) is 3.50. The van der Waals surface area contributed by atoms with E-state index in [2.05, 4.69) is 22.3 Å². The van der Waals surface area contributed by atoms with Crippen molar-refractivity contribution in [2.24, 2.45) is 5.92 Å². The summed E-state index contributed by atoms with van der Waals surface area (Å²) in [5, 5.41) is 11.2. The summed E-state index contributed by atoms with van der Waals surface area (Å²) in [6, 6.07) is 6.35. The summed E-state index contributed by atoms with van der Waals surface area (Å²) in [5.41, 5.74) is 2.83. The van der Waals surface area contributed by atoms with Crippen LogP contribution in [-0.4, -0.2) is 33.1 Å². The molecule has 1 aromatic heterocycles. The van der Waals surface area contributed by atoms with E-state index in [0.29, 0.717) is 31.3 Å². The van der Waals surface area contributed by atoms with Crippen molar-refractivity contribution in [3.63, 3.8) is 0 Å². The van der Waals surface area contributed by atoms with Crippen molar-refractivity contribution in [3.05, 3.63) is 35.2 Å². The molecule has 0 bridgehead atoms. The Kier molecular flexibility index (Phi) is 5.01. The molecule has 2 heterocycles. The molecule has 0 spiro atoms. The second-order valence-corrected chi connectivity index (χ2v) is 9.07. The van der Waals surface area contributed by atoms with Crippen molar-refractivity contribution in [2.75, 3.05) is 17.3 Å². The largest absolute Gasteiger partial charge is 0.486 e. The number of nitrogens with zero attached hydrogens (tertiary/aromatic N) is 4. The number of benzene rings is 1. The SMILES string of the molecule is O=C(CC1CCCC1)N1CCSc2nnc(COc3ccc4c(c3)CCC4)n21. The first-order chi connectivity index (χ1) is 13.8. The minimum absolute atomic E-state index is 0.187. The van der Waals surface area contributed by atoms with E-state index in [1.165, 1.54) is 49.7 Å². The van der Waals surface area contributed by atoms with E-state index < -0.39 is 0 Å². The quantitative estimate of drug-likeness (QED) is 0.772. The van der Waals surface area contributed by atoms with Crippen molar-refractivity contribution >= 4 is 17.7 Å². The second-order valence-electron chi connectivity index (χ2n) is 8.00. The first-order valence-corrected chi connectivity index (χ1v) is 11.4. The third-order valence-corrected chi connectivity index (χ3v) is 7.02. The van der Waals surface area contributed by atoms with E-state index in [1.807, 2.05) is 15.8 Å². The zero-order chi connectivity index (χ0) is 18.9. The molecule has 2 aliphatic carbocycles. The van der Waals surface area contributed by atoms with Gasteiger partial charge in [-0.3, -0.25) is 4.79 Å². The number of aromatic nitrogens is 3. The molecule has 1 saturated carbocycles. The Balaban J connectivity index is 1.31. The van der Waals surface area contributed by atoms with Gasteiger partial charge >= 0.3 is 0 Å². The fraction of sp³-hybridized carbons (Fsp3) is 0.571. The number of carbonyl (C=O) groups excluding carboxylic acids is 1. The zero-order valence-corrected chi connectivity index (χ0v) is 16.9. The predicted molar refractivity (Wildman–Crippen MR) is 108 cm³/mol. The summed E-state index contributed by atoms with van der Waals surface area (Å²) in [4.78, 5) is 13.0. The van der Waals surface area contributed by atoms with Gasteiger partial charge in [-0.15, -0.1) is 10.2 Å². The maximum Gasteiger partial charge on any atom is 0.241 e. The van der Waals surface area contributed by atoms with Crippen LogP contribution in [0.25, 0.3) is 0 Å². The van der Waals surface area contributed by atoms with E-state index in [4.69, 9.17) is 4.74 Å². The summed E-state index contributed by atoms with van der Waals surface area (Å²) in [7, 11) is 0. The van der Waals surface area contributed by atoms with Gasteiger partial charge in [-0.05, 0) is 61.3 Å². The van der Waals surface area contributed by atoms with Crippen LogP contribution in [0.5, 0.6) is 5.75 Å². The third-order valence-electron chi connectivity index (χ3n) is 6.12. The smallest absolute Gasteiger partial charge is 0.241 e. The monoisotopic (exact) mass is 398 g/mol. The number of rotatable bonds is 5. The molecule has 3 aliphatic rings. The maximum atomic E-state index is 13.0. The first-order valence-electron chi connectivity index (χ1n) is 10.4. The highest BCUT2D eigenvalue weighted by atomic mass is 32.2. The van der Waals surface area contributed by atoms with Crippen LogP contribution in [0.3, 0.4) is 0 Å². The molecule has 0 N–H and O–H groups in total. The molecular weight excluding hydrogens is 372 g/mol. The number of thioether (sulfide) groups is 1. The molecule has 1 aliphatic heterocycles. The second kappa shape index (κ2) is 7.78. The standard InChI is InChI=1S/C21H26N4O2S/c26-20(12-15-4-1-2-5-15)24-10-11-28-21-23-22-19(25(21)24)14-27-18-9-8-16-6-3-7-17(16)13-18/h8-9,13,15H,1-7,10-12,14H2. The zero-order valence-electron chi connectivity index (χ0n) is 16.1. The van der Waals surface area contributed by atoms with E-state index >= 15 is 0 Å². The Morgan fingerprint density at radius 2 is 2.00 bits per heavy atom. The number of hydrogen-bond donors (Lipinski definition) is 0. The fourth-order valence-electron chi connectivity index (χ4n) is 4.63. The molecule has 1 fully saturated rings. The molecule has 6 nitrogen and oxygen atoms in total. The van der Waals surface area contributed by atoms with Crippen LogP contribution >= 0.6 is 11.8 Å². The topological polar surface area (TPSA) is 60.3 Å². The van der Waals surface area contributed by atoms with Gasteiger partial charge in [0.15, 0.2) is 5.82 Å². The highest BCUT2D eigenvalue weighted by Gasteiger charge is 2.29. The summed E-state index contributed by atoms with van der Waals surface area (Å²) < 4.78 is 7.92. The molecule has 0 atom stereocenters. The number of fused-ring (bicyclic) bond motifs is 2. The van der Waals surface area contributed by atoms with Gasteiger partial charge < -0.3 is 4.74 Å². The Hall–Kier alpha value is -2.02. The molecule has 0 unspecified atom stereocenters. The minimum Gasteiger partial charge on any atom is -0.486 e. The van der Waals surface area contributed by atoms with Crippen LogP contribution in [0.2, 0.25) is 0 Å². The Labute approximate surface area is 169 Å². The maximum absolute atomic E-state index is 13.0. The molecule has 2 aromatic rings. The van der Waals surface area contributed by atoms with Crippen LogP contribution in [0.4, 0.5) is 0 Å². The van der Waals surface area contributed by atoms with Crippen molar-refractivity contribution in [3.8, 4) is 5.75 Å². The summed E-state index contributed by atoms with van der Waals surface area (Å²) in [6.45, 7) is 1.02. The number of amides is 1. The van der Waals surface area contributed by atoms with Crippen molar-refractivity contribution < 1.29 is 9.53 Å². The average Bonchev–Trinajstić information content (AvgIpc) is 3.46. The normalized spacial score (nSPS) is 18.9. The van der Waals surface area contributed by atoms with E-state index in [-0.39, 0.29) is 5.91 Å². The van der Waals surface area contributed by atoms with Gasteiger partial charge in [0.05, 0.1) is 6.54 Å². The minimum atomic E-state index is 0.187.